The lowest BCUT2D eigenvalue weighted by atomic mass is 9.95. The number of rotatable bonds is 6. The second-order valence-electron chi connectivity index (χ2n) is 7.96. The van der Waals surface area contributed by atoms with Crippen molar-refractivity contribution in [2.24, 2.45) is 5.92 Å². The first-order valence-electron chi connectivity index (χ1n) is 10.5. The van der Waals surface area contributed by atoms with E-state index in [9.17, 15) is 18.4 Å². The molecular formula is C24H24F2N4O2. The van der Waals surface area contributed by atoms with Crippen LogP contribution in [0.3, 0.4) is 0 Å². The number of halogens is 2. The molecule has 166 valence electrons. The normalized spacial score (nSPS) is 14.4. The van der Waals surface area contributed by atoms with Gasteiger partial charge in [0.15, 0.2) is 0 Å². The molecule has 2 amide bonds. The van der Waals surface area contributed by atoms with Gasteiger partial charge in [-0.3, -0.25) is 9.59 Å². The summed E-state index contributed by atoms with van der Waals surface area (Å²) in [5.74, 6) is -2.31. The van der Waals surface area contributed by atoms with Gasteiger partial charge in [-0.15, -0.1) is 0 Å². The molecule has 0 atom stereocenters. The van der Waals surface area contributed by atoms with Gasteiger partial charge in [0.25, 0.3) is 5.91 Å². The van der Waals surface area contributed by atoms with Crippen LogP contribution in [0.2, 0.25) is 0 Å². The molecule has 2 heterocycles. The Morgan fingerprint density at radius 2 is 1.75 bits per heavy atom. The summed E-state index contributed by atoms with van der Waals surface area (Å²) in [5, 5.41) is 2.97. The van der Waals surface area contributed by atoms with Gasteiger partial charge in [-0.2, -0.15) is 0 Å². The van der Waals surface area contributed by atoms with Crippen molar-refractivity contribution in [3.8, 4) is 0 Å². The molecule has 0 unspecified atom stereocenters. The number of nitrogens with one attached hydrogen (secondary N) is 1. The van der Waals surface area contributed by atoms with Crippen LogP contribution in [0.5, 0.6) is 0 Å². The number of hydrogen-bond donors (Lipinski definition) is 1. The summed E-state index contributed by atoms with van der Waals surface area (Å²) in [7, 11) is 0. The molecule has 32 heavy (non-hydrogen) atoms. The van der Waals surface area contributed by atoms with Gasteiger partial charge in [0.2, 0.25) is 5.91 Å². The van der Waals surface area contributed by atoms with Gasteiger partial charge in [-0.25, -0.2) is 13.8 Å². The van der Waals surface area contributed by atoms with Crippen LogP contribution in [0.4, 0.5) is 8.78 Å². The van der Waals surface area contributed by atoms with Crippen LogP contribution < -0.4 is 5.32 Å². The largest absolute Gasteiger partial charge is 0.352 e. The lowest BCUT2D eigenvalue weighted by Gasteiger charge is -2.31. The lowest BCUT2D eigenvalue weighted by molar-refractivity contribution is -0.126. The number of nitrogens with zero attached hydrogens (tertiary/aromatic N) is 3. The summed E-state index contributed by atoms with van der Waals surface area (Å²) >= 11 is 0. The Kier molecular flexibility index (Phi) is 6.58. The molecule has 3 aromatic rings. The number of imidazole rings is 1. The highest BCUT2D eigenvalue weighted by Gasteiger charge is 2.28. The SMILES string of the molecule is O=C(NCc1ccc(Cn2ccnc2)cc1)C1CCN(C(=O)c2ccc(F)cc2F)CC1. The lowest BCUT2D eigenvalue weighted by Crippen LogP contribution is -2.43. The monoisotopic (exact) mass is 438 g/mol. The Morgan fingerprint density at radius 1 is 1.03 bits per heavy atom. The van der Waals surface area contributed by atoms with E-state index >= 15 is 0 Å². The smallest absolute Gasteiger partial charge is 0.256 e. The topological polar surface area (TPSA) is 67.2 Å². The van der Waals surface area contributed by atoms with Crippen LogP contribution in [-0.4, -0.2) is 39.4 Å². The average Bonchev–Trinajstić information content (AvgIpc) is 3.31. The molecule has 0 aliphatic carbocycles. The van der Waals surface area contributed by atoms with E-state index in [0.717, 1.165) is 29.8 Å². The quantitative estimate of drug-likeness (QED) is 0.642. The number of amides is 2. The maximum atomic E-state index is 13.9. The van der Waals surface area contributed by atoms with Crippen LogP contribution in [0.15, 0.2) is 61.2 Å². The van der Waals surface area contributed by atoms with Gasteiger partial charge in [0, 0.05) is 50.6 Å². The fraction of sp³-hybridized carbons (Fsp3) is 0.292. The first kappa shape index (κ1) is 21.7. The van der Waals surface area contributed by atoms with Crippen molar-refractivity contribution in [2.45, 2.75) is 25.9 Å². The van der Waals surface area contributed by atoms with Gasteiger partial charge in [-0.1, -0.05) is 24.3 Å². The number of aromatic nitrogens is 2. The van der Waals surface area contributed by atoms with Crippen LogP contribution in [0.1, 0.15) is 34.3 Å². The first-order valence-corrected chi connectivity index (χ1v) is 10.5. The van der Waals surface area contributed by atoms with Crippen LogP contribution >= 0.6 is 0 Å². The number of likely N-dealkylation sites (tertiary alicyclic amines) is 1. The Morgan fingerprint density at radius 3 is 2.41 bits per heavy atom. The minimum absolute atomic E-state index is 0.0486. The summed E-state index contributed by atoms with van der Waals surface area (Å²) in [6.07, 6.45) is 6.42. The van der Waals surface area contributed by atoms with Crippen molar-refractivity contribution in [3.05, 3.63) is 89.5 Å². The van der Waals surface area contributed by atoms with Gasteiger partial charge in [0.05, 0.1) is 11.9 Å². The second-order valence-corrected chi connectivity index (χ2v) is 7.96. The number of benzene rings is 2. The molecule has 0 spiro atoms. The third kappa shape index (κ3) is 5.19. The Hall–Kier alpha value is -3.55. The highest BCUT2D eigenvalue weighted by atomic mass is 19.1. The molecular weight excluding hydrogens is 414 g/mol. The molecule has 1 aliphatic heterocycles. The van der Waals surface area contributed by atoms with Crippen molar-refractivity contribution in [1.29, 1.82) is 0 Å². The van der Waals surface area contributed by atoms with Crippen molar-refractivity contribution in [3.63, 3.8) is 0 Å². The van der Waals surface area contributed by atoms with E-state index in [4.69, 9.17) is 0 Å². The molecule has 0 bridgehead atoms. The standard InChI is InChI=1S/C24H24F2N4O2/c25-20-5-6-21(22(26)13-20)24(32)30-10-7-19(8-11-30)23(31)28-14-17-1-3-18(4-2-17)15-29-12-9-27-16-29/h1-6,9,12-13,16,19H,7-8,10-11,14-15H2,(H,28,31). The molecule has 0 radical (unpaired) electrons. The maximum Gasteiger partial charge on any atom is 0.256 e. The van der Waals surface area contributed by atoms with E-state index in [1.54, 1.807) is 12.5 Å². The number of piperidine rings is 1. The summed E-state index contributed by atoms with van der Waals surface area (Å²) in [4.78, 5) is 30.6. The minimum atomic E-state index is -0.870. The molecule has 6 nitrogen and oxygen atoms in total. The first-order chi connectivity index (χ1) is 15.5. The molecule has 1 N–H and O–H groups in total. The van der Waals surface area contributed by atoms with Crippen molar-refractivity contribution < 1.29 is 18.4 Å². The van der Waals surface area contributed by atoms with E-state index in [-0.39, 0.29) is 17.4 Å². The summed E-state index contributed by atoms with van der Waals surface area (Å²) in [5.41, 5.74) is 2.01. The molecule has 4 rings (SSSR count). The van der Waals surface area contributed by atoms with E-state index in [1.807, 2.05) is 35.0 Å². The number of carbonyl (C=O) groups is 2. The van der Waals surface area contributed by atoms with Crippen LogP contribution in [-0.2, 0) is 17.9 Å². The zero-order valence-corrected chi connectivity index (χ0v) is 17.5. The summed E-state index contributed by atoms with van der Waals surface area (Å²) in [6, 6.07) is 11.0. The highest BCUT2D eigenvalue weighted by molar-refractivity contribution is 5.94. The molecule has 1 aliphatic rings. The fourth-order valence-electron chi connectivity index (χ4n) is 3.87. The number of hydrogen-bond acceptors (Lipinski definition) is 3. The molecule has 8 heteroatoms. The summed E-state index contributed by atoms with van der Waals surface area (Å²) in [6.45, 7) is 1.89. The van der Waals surface area contributed by atoms with E-state index in [2.05, 4.69) is 10.3 Å². The third-order valence-electron chi connectivity index (χ3n) is 5.73. The van der Waals surface area contributed by atoms with E-state index in [1.165, 1.54) is 4.90 Å². The maximum absolute atomic E-state index is 13.9. The Bertz CT molecular complexity index is 1080. The van der Waals surface area contributed by atoms with E-state index < -0.39 is 17.5 Å². The van der Waals surface area contributed by atoms with Gasteiger partial charge < -0.3 is 14.8 Å². The van der Waals surface area contributed by atoms with Crippen LogP contribution in [0.25, 0.3) is 0 Å². The van der Waals surface area contributed by atoms with Gasteiger partial charge in [-0.05, 0) is 36.1 Å². The van der Waals surface area contributed by atoms with E-state index in [0.29, 0.717) is 38.5 Å². The second kappa shape index (κ2) is 9.72. The van der Waals surface area contributed by atoms with Gasteiger partial charge in [0.1, 0.15) is 11.6 Å². The van der Waals surface area contributed by atoms with Crippen molar-refractivity contribution in [2.75, 3.05) is 13.1 Å². The molecule has 1 saturated heterocycles. The summed E-state index contributed by atoms with van der Waals surface area (Å²) < 4.78 is 28.9. The third-order valence-corrected chi connectivity index (χ3v) is 5.73. The average molecular weight is 438 g/mol. The van der Waals surface area contributed by atoms with Crippen molar-refractivity contribution in [1.82, 2.24) is 19.8 Å². The zero-order valence-electron chi connectivity index (χ0n) is 17.5. The predicted molar refractivity (Wildman–Crippen MR) is 115 cm³/mol. The molecule has 0 saturated carbocycles. The van der Waals surface area contributed by atoms with Crippen molar-refractivity contribution >= 4 is 11.8 Å². The zero-order chi connectivity index (χ0) is 22.5. The Labute approximate surface area is 184 Å². The molecule has 1 aromatic heterocycles. The highest BCUT2D eigenvalue weighted by Crippen LogP contribution is 2.21. The van der Waals surface area contributed by atoms with Gasteiger partial charge >= 0.3 is 0 Å². The molecule has 2 aromatic carbocycles. The minimum Gasteiger partial charge on any atom is -0.352 e. The fourth-order valence-corrected chi connectivity index (χ4v) is 3.87. The Balaban J connectivity index is 1.24. The van der Waals surface area contributed by atoms with Crippen LogP contribution in [0, 0.1) is 17.6 Å². The molecule has 1 fully saturated rings. The number of carbonyl (C=O) groups excluding carboxylic acids is 2. The predicted octanol–water partition coefficient (Wildman–Crippen LogP) is 3.38.